The summed E-state index contributed by atoms with van der Waals surface area (Å²) in [6, 6.07) is 9.44. The fourth-order valence-electron chi connectivity index (χ4n) is 2.81. The minimum Gasteiger partial charge on any atom is -0.447 e. The smallest absolute Gasteiger partial charge is 0.407 e. The van der Waals surface area contributed by atoms with E-state index in [1.165, 1.54) is 30.3 Å². The van der Waals surface area contributed by atoms with Crippen molar-refractivity contribution >= 4 is 45.0 Å². The van der Waals surface area contributed by atoms with E-state index < -0.39 is 34.3 Å². The maximum atomic E-state index is 13.5. The average molecular weight is 505 g/mol. The van der Waals surface area contributed by atoms with Crippen LogP contribution in [0.1, 0.15) is 40.7 Å². The highest BCUT2D eigenvalue weighted by Gasteiger charge is 2.32. The van der Waals surface area contributed by atoms with Gasteiger partial charge in [0.05, 0.1) is 23.2 Å². The number of benzene rings is 2. The van der Waals surface area contributed by atoms with Crippen LogP contribution in [0.2, 0.25) is 10.0 Å². The standard InChI is InChI=1S/C21H26Cl2N2O5S.CH4/c1-14(13-30-20(27)24-21(2,3)4)25(19-11-17(23)6-5-15(19)12-26)31(28,29)18-9-7-16(22)8-10-18;/h5-11,14,26H,12-13H2,1-4H3,(H,24,27);1H4/t14-;/m1./s1. The molecule has 1 amide bonds. The molecular formula is C22H30Cl2N2O5S. The van der Waals surface area contributed by atoms with Crippen molar-refractivity contribution in [1.29, 1.82) is 0 Å². The van der Waals surface area contributed by atoms with Gasteiger partial charge in [0, 0.05) is 21.1 Å². The number of aliphatic hydroxyl groups excluding tert-OH is 1. The number of aliphatic hydroxyl groups is 1. The number of anilines is 1. The van der Waals surface area contributed by atoms with E-state index >= 15 is 0 Å². The lowest BCUT2D eigenvalue weighted by Crippen LogP contribution is -2.45. The van der Waals surface area contributed by atoms with Gasteiger partial charge in [0.1, 0.15) is 6.61 Å². The molecule has 0 saturated carbocycles. The lowest BCUT2D eigenvalue weighted by atomic mass is 10.1. The molecule has 0 spiro atoms. The van der Waals surface area contributed by atoms with Gasteiger partial charge in [0.25, 0.3) is 10.0 Å². The molecule has 1 atom stereocenters. The van der Waals surface area contributed by atoms with E-state index in [9.17, 15) is 18.3 Å². The Hall–Kier alpha value is -2.00. The molecule has 0 aliphatic rings. The van der Waals surface area contributed by atoms with Crippen LogP contribution in [0, 0.1) is 0 Å². The number of nitrogens with zero attached hydrogens (tertiary/aromatic N) is 1. The minimum atomic E-state index is -4.11. The Bertz CT molecular complexity index is 1020. The fourth-order valence-corrected chi connectivity index (χ4v) is 4.77. The highest BCUT2D eigenvalue weighted by atomic mass is 35.5. The lowest BCUT2D eigenvalue weighted by molar-refractivity contribution is 0.133. The molecule has 32 heavy (non-hydrogen) atoms. The molecule has 0 aliphatic heterocycles. The average Bonchev–Trinajstić information content (AvgIpc) is 2.65. The summed E-state index contributed by atoms with van der Waals surface area (Å²) in [6.07, 6.45) is -0.670. The minimum absolute atomic E-state index is 0. The zero-order chi connectivity index (χ0) is 23.4. The van der Waals surface area contributed by atoms with Crippen molar-refractivity contribution in [2.45, 2.75) is 58.2 Å². The summed E-state index contributed by atoms with van der Waals surface area (Å²) >= 11 is 12.0. The van der Waals surface area contributed by atoms with Crippen LogP contribution in [-0.2, 0) is 21.4 Å². The number of alkyl carbamates (subject to hydrolysis) is 1. The van der Waals surface area contributed by atoms with Crippen molar-refractivity contribution in [3.63, 3.8) is 0 Å². The topological polar surface area (TPSA) is 95.9 Å². The molecule has 7 nitrogen and oxygen atoms in total. The van der Waals surface area contributed by atoms with Crippen molar-refractivity contribution in [2.24, 2.45) is 0 Å². The van der Waals surface area contributed by atoms with Crippen LogP contribution >= 0.6 is 23.2 Å². The third-order valence-electron chi connectivity index (χ3n) is 4.16. The highest BCUT2D eigenvalue weighted by molar-refractivity contribution is 7.92. The second kappa shape index (κ2) is 11.2. The number of nitrogens with one attached hydrogen (secondary N) is 1. The summed E-state index contributed by atoms with van der Waals surface area (Å²) in [7, 11) is -4.11. The van der Waals surface area contributed by atoms with Crippen LogP contribution in [0.4, 0.5) is 10.5 Å². The van der Waals surface area contributed by atoms with Crippen LogP contribution in [0.25, 0.3) is 0 Å². The molecule has 0 saturated heterocycles. The first kappa shape index (κ1) is 28.0. The fraction of sp³-hybridized carbons (Fsp3) is 0.409. The maximum absolute atomic E-state index is 13.5. The first-order valence-corrected chi connectivity index (χ1v) is 11.7. The van der Waals surface area contributed by atoms with E-state index in [2.05, 4.69) is 5.32 Å². The van der Waals surface area contributed by atoms with Gasteiger partial charge in [-0.2, -0.15) is 0 Å². The Morgan fingerprint density at radius 2 is 1.69 bits per heavy atom. The summed E-state index contributed by atoms with van der Waals surface area (Å²) in [6.45, 7) is 6.36. The zero-order valence-corrected chi connectivity index (χ0v) is 20.1. The number of halogens is 2. The third kappa shape index (κ3) is 7.27. The number of hydrogen-bond donors (Lipinski definition) is 2. The lowest BCUT2D eigenvalue weighted by Gasteiger charge is -2.32. The highest BCUT2D eigenvalue weighted by Crippen LogP contribution is 2.32. The van der Waals surface area contributed by atoms with Gasteiger partial charge in [0.15, 0.2) is 0 Å². The molecule has 0 unspecified atom stereocenters. The SMILES string of the molecule is C.C[C@H](COC(=O)NC(C)(C)C)N(c1cc(Cl)ccc1CO)S(=O)(=O)c1ccc(Cl)cc1. The summed E-state index contributed by atoms with van der Waals surface area (Å²) in [4.78, 5) is 12.1. The Kier molecular flexibility index (Phi) is 9.84. The van der Waals surface area contributed by atoms with E-state index in [1.807, 2.05) is 0 Å². The maximum Gasteiger partial charge on any atom is 0.407 e. The van der Waals surface area contributed by atoms with Crippen LogP contribution in [0.5, 0.6) is 0 Å². The Labute approximate surface area is 200 Å². The predicted molar refractivity (Wildman–Crippen MR) is 129 cm³/mol. The third-order valence-corrected chi connectivity index (χ3v) is 6.59. The van der Waals surface area contributed by atoms with Gasteiger partial charge >= 0.3 is 6.09 Å². The van der Waals surface area contributed by atoms with Crippen LogP contribution in [0.15, 0.2) is 47.4 Å². The molecule has 2 rings (SSSR count). The normalized spacial score (nSPS) is 12.5. The van der Waals surface area contributed by atoms with Crippen LogP contribution < -0.4 is 9.62 Å². The predicted octanol–water partition coefficient (Wildman–Crippen LogP) is 5.23. The van der Waals surface area contributed by atoms with Crippen LogP contribution in [-0.4, -0.2) is 37.8 Å². The van der Waals surface area contributed by atoms with Crippen molar-refractivity contribution in [2.75, 3.05) is 10.9 Å². The van der Waals surface area contributed by atoms with E-state index in [0.29, 0.717) is 15.6 Å². The molecule has 0 fully saturated rings. The monoisotopic (exact) mass is 504 g/mol. The van der Waals surface area contributed by atoms with Gasteiger partial charge in [-0.3, -0.25) is 4.31 Å². The number of rotatable bonds is 7. The second-order valence-corrected chi connectivity index (χ2v) is 10.7. The molecule has 0 bridgehead atoms. The van der Waals surface area contributed by atoms with Crippen molar-refractivity contribution in [3.05, 3.63) is 58.1 Å². The summed E-state index contributed by atoms with van der Waals surface area (Å²) in [5.41, 5.74) is 0.0390. The molecule has 10 heteroatoms. The van der Waals surface area contributed by atoms with E-state index in [4.69, 9.17) is 27.9 Å². The van der Waals surface area contributed by atoms with Gasteiger partial charge in [-0.25, -0.2) is 13.2 Å². The van der Waals surface area contributed by atoms with Gasteiger partial charge in [-0.1, -0.05) is 36.7 Å². The van der Waals surface area contributed by atoms with Crippen LogP contribution in [0.3, 0.4) is 0 Å². The molecule has 0 aliphatic carbocycles. The van der Waals surface area contributed by atoms with E-state index in [0.717, 1.165) is 4.31 Å². The molecule has 0 radical (unpaired) electrons. The van der Waals surface area contributed by atoms with Gasteiger partial charge in [-0.15, -0.1) is 0 Å². The molecular weight excluding hydrogens is 475 g/mol. The van der Waals surface area contributed by atoms with Crippen molar-refractivity contribution < 1.29 is 23.1 Å². The molecule has 2 aromatic rings. The first-order valence-electron chi connectivity index (χ1n) is 9.49. The largest absolute Gasteiger partial charge is 0.447 e. The molecule has 0 aromatic heterocycles. The first-order chi connectivity index (χ1) is 14.3. The van der Waals surface area contributed by atoms with E-state index in [1.54, 1.807) is 39.8 Å². The van der Waals surface area contributed by atoms with Gasteiger partial charge in [0.2, 0.25) is 0 Å². The Morgan fingerprint density at radius 1 is 1.12 bits per heavy atom. The Balaban J connectivity index is 0.00000512. The quantitative estimate of drug-likeness (QED) is 0.537. The molecule has 0 heterocycles. The number of ether oxygens (including phenoxy) is 1. The number of amides is 1. The number of hydrogen-bond acceptors (Lipinski definition) is 5. The van der Waals surface area contributed by atoms with Crippen molar-refractivity contribution in [3.8, 4) is 0 Å². The Morgan fingerprint density at radius 3 is 2.22 bits per heavy atom. The number of carbonyl (C=O) groups is 1. The van der Waals surface area contributed by atoms with Gasteiger partial charge < -0.3 is 15.2 Å². The van der Waals surface area contributed by atoms with E-state index in [-0.39, 0.29) is 24.6 Å². The molecule has 2 aromatic carbocycles. The van der Waals surface area contributed by atoms with Crippen molar-refractivity contribution in [1.82, 2.24) is 5.32 Å². The molecule has 2 N–H and O–H groups in total. The summed E-state index contributed by atoms with van der Waals surface area (Å²) in [5.74, 6) is 0. The molecule has 178 valence electrons. The second-order valence-electron chi connectivity index (χ2n) is 8.01. The summed E-state index contributed by atoms with van der Waals surface area (Å²) in [5, 5.41) is 13.1. The number of carbonyl (C=O) groups excluding carboxylic acids is 1. The number of sulfonamides is 1. The zero-order valence-electron chi connectivity index (χ0n) is 17.7. The van der Waals surface area contributed by atoms with Gasteiger partial charge in [-0.05, 0) is 64.1 Å². The summed E-state index contributed by atoms with van der Waals surface area (Å²) < 4.78 is 33.4.